The van der Waals surface area contributed by atoms with Crippen LogP contribution < -0.4 is 10.6 Å². The molecule has 0 rings (SSSR count). The molecule has 5 nitrogen and oxygen atoms in total. The van der Waals surface area contributed by atoms with Gasteiger partial charge >= 0.3 is 0 Å². The van der Waals surface area contributed by atoms with Gasteiger partial charge in [0.05, 0.1) is 0 Å². The Hall–Kier alpha value is -1.10. The van der Waals surface area contributed by atoms with E-state index in [1.165, 1.54) is 0 Å². The van der Waals surface area contributed by atoms with E-state index in [4.69, 9.17) is 5.11 Å². The van der Waals surface area contributed by atoms with Crippen molar-refractivity contribution < 1.29 is 14.7 Å². The molecule has 0 fully saturated rings. The van der Waals surface area contributed by atoms with E-state index in [1.54, 1.807) is 0 Å². The first kappa shape index (κ1) is 19.9. The van der Waals surface area contributed by atoms with Gasteiger partial charge in [-0.05, 0) is 18.3 Å². The van der Waals surface area contributed by atoms with Crippen LogP contribution in [-0.4, -0.2) is 36.1 Å². The van der Waals surface area contributed by atoms with Crippen molar-refractivity contribution in [3.63, 3.8) is 0 Å². The Labute approximate surface area is 128 Å². The Morgan fingerprint density at radius 1 is 1.10 bits per heavy atom. The highest BCUT2D eigenvalue weighted by Crippen LogP contribution is 2.21. The zero-order valence-electron chi connectivity index (χ0n) is 14.4. The van der Waals surface area contributed by atoms with Crippen molar-refractivity contribution in [1.29, 1.82) is 0 Å². The van der Waals surface area contributed by atoms with Crippen LogP contribution in [0.25, 0.3) is 0 Å². The predicted octanol–water partition coefficient (Wildman–Crippen LogP) is 1.84. The van der Waals surface area contributed by atoms with E-state index < -0.39 is 5.41 Å². The second-order valence-electron chi connectivity index (χ2n) is 7.61. The summed E-state index contributed by atoms with van der Waals surface area (Å²) in [6.45, 7) is 12.3. The Balaban J connectivity index is 4.07. The highest BCUT2D eigenvalue weighted by Gasteiger charge is 2.25. The molecule has 0 aromatic rings. The van der Waals surface area contributed by atoms with Gasteiger partial charge in [-0.25, -0.2) is 0 Å². The van der Waals surface area contributed by atoms with Gasteiger partial charge in [0.25, 0.3) is 0 Å². The van der Waals surface area contributed by atoms with Crippen molar-refractivity contribution in [2.45, 2.75) is 66.8 Å². The first-order valence-corrected chi connectivity index (χ1v) is 7.67. The molecule has 3 N–H and O–H groups in total. The van der Waals surface area contributed by atoms with E-state index in [1.807, 2.05) is 41.5 Å². The van der Waals surface area contributed by atoms with Crippen LogP contribution in [0.3, 0.4) is 0 Å². The van der Waals surface area contributed by atoms with Crippen molar-refractivity contribution in [3.8, 4) is 0 Å². The largest absolute Gasteiger partial charge is 0.396 e. The number of carbonyl (C=O) groups is 2. The Morgan fingerprint density at radius 2 is 1.67 bits per heavy atom. The molecule has 0 saturated heterocycles. The smallest absolute Gasteiger partial charge is 0.225 e. The third kappa shape index (κ3) is 8.71. The van der Waals surface area contributed by atoms with Crippen LogP contribution >= 0.6 is 0 Å². The molecule has 0 aromatic carbocycles. The van der Waals surface area contributed by atoms with Gasteiger partial charge in [-0.3, -0.25) is 9.59 Å². The van der Waals surface area contributed by atoms with Gasteiger partial charge in [0, 0.05) is 31.0 Å². The predicted molar refractivity (Wildman–Crippen MR) is 84.8 cm³/mol. The SMILES string of the molecule is CC(C)(C)C(=O)NCCCC(=O)NC(CCO)C(C)(C)C. The van der Waals surface area contributed by atoms with Crippen LogP contribution in [-0.2, 0) is 9.59 Å². The minimum atomic E-state index is -0.402. The molecule has 5 heteroatoms. The van der Waals surface area contributed by atoms with Crippen LogP contribution in [0.1, 0.15) is 60.8 Å². The second-order valence-corrected chi connectivity index (χ2v) is 7.61. The fourth-order valence-electron chi connectivity index (χ4n) is 1.83. The van der Waals surface area contributed by atoms with Crippen LogP contribution in [0.2, 0.25) is 0 Å². The van der Waals surface area contributed by atoms with E-state index in [2.05, 4.69) is 10.6 Å². The molecule has 0 aliphatic carbocycles. The van der Waals surface area contributed by atoms with Crippen LogP contribution in [0, 0.1) is 10.8 Å². The lowest BCUT2D eigenvalue weighted by Gasteiger charge is -2.31. The zero-order valence-corrected chi connectivity index (χ0v) is 14.4. The lowest BCUT2D eigenvalue weighted by atomic mass is 9.85. The molecule has 1 unspecified atom stereocenters. The maximum atomic E-state index is 11.9. The summed E-state index contributed by atoms with van der Waals surface area (Å²) in [4.78, 5) is 23.6. The van der Waals surface area contributed by atoms with E-state index in [0.29, 0.717) is 25.8 Å². The van der Waals surface area contributed by atoms with Gasteiger partial charge < -0.3 is 15.7 Å². The van der Waals surface area contributed by atoms with Crippen molar-refractivity contribution >= 4 is 11.8 Å². The van der Waals surface area contributed by atoms with Crippen LogP contribution in [0.5, 0.6) is 0 Å². The maximum Gasteiger partial charge on any atom is 0.225 e. The molecule has 0 radical (unpaired) electrons. The second kappa shape index (κ2) is 8.37. The molecule has 21 heavy (non-hydrogen) atoms. The third-order valence-corrected chi connectivity index (χ3v) is 3.35. The molecule has 0 aliphatic rings. The zero-order chi connectivity index (χ0) is 16.7. The Kier molecular flexibility index (Phi) is 7.93. The monoisotopic (exact) mass is 300 g/mol. The molecule has 2 amide bonds. The first-order chi connectivity index (χ1) is 9.48. The van der Waals surface area contributed by atoms with E-state index in [9.17, 15) is 9.59 Å². The summed E-state index contributed by atoms with van der Waals surface area (Å²) >= 11 is 0. The number of hydrogen-bond acceptors (Lipinski definition) is 3. The summed E-state index contributed by atoms with van der Waals surface area (Å²) in [5, 5.41) is 14.9. The molecular formula is C16H32N2O3. The number of hydrogen-bond donors (Lipinski definition) is 3. The highest BCUT2D eigenvalue weighted by atomic mass is 16.3. The molecule has 0 aliphatic heterocycles. The lowest BCUT2D eigenvalue weighted by Crippen LogP contribution is -2.44. The summed E-state index contributed by atoms with van der Waals surface area (Å²) in [5.74, 6) is -0.0378. The van der Waals surface area contributed by atoms with Crippen molar-refractivity contribution in [2.75, 3.05) is 13.2 Å². The molecule has 1 atom stereocenters. The Bertz CT molecular complexity index is 340. The van der Waals surface area contributed by atoms with E-state index in [0.717, 1.165) is 0 Å². The molecule has 0 heterocycles. The summed E-state index contributed by atoms with van der Waals surface area (Å²) in [6, 6.07) is -0.0424. The average molecular weight is 300 g/mol. The van der Waals surface area contributed by atoms with Crippen molar-refractivity contribution in [2.24, 2.45) is 10.8 Å². The normalized spacial score (nSPS) is 13.7. The maximum absolute atomic E-state index is 11.9. The molecule has 0 spiro atoms. The fourth-order valence-corrected chi connectivity index (χ4v) is 1.83. The third-order valence-electron chi connectivity index (χ3n) is 3.35. The summed E-state index contributed by atoms with van der Waals surface area (Å²) in [7, 11) is 0. The summed E-state index contributed by atoms with van der Waals surface area (Å²) in [6.07, 6.45) is 1.54. The van der Waals surface area contributed by atoms with E-state index in [-0.39, 0.29) is 29.9 Å². The van der Waals surface area contributed by atoms with Gasteiger partial charge in [0.2, 0.25) is 11.8 Å². The van der Waals surface area contributed by atoms with Crippen molar-refractivity contribution in [1.82, 2.24) is 10.6 Å². The minimum Gasteiger partial charge on any atom is -0.396 e. The number of rotatable bonds is 7. The lowest BCUT2D eigenvalue weighted by molar-refractivity contribution is -0.129. The quantitative estimate of drug-likeness (QED) is 0.628. The number of amides is 2. The standard InChI is InChI=1S/C16H32N2O3/c1-15(2,3)12(9-11-19)18-13(20)8-7-10-17-14(21)16(4,5)6/h12,19H,7-11H2,1-6H3,(H,17,21)(H,18,20). The molecule has 0 saturated carbocycles. The van der Waals surface area contributed by atoms with Gasteiger partial charge in [-0.1, -0.05) is 41.5 Å². The highest BCUT2D eigenvalue weighted by molar-refractivity contribution is 5.81. The van der Waals surface area contributed by atoms with Crippen molar-refractivity contribution in [3.05, 3.63) is 0 Å². The average Bonchev–Trinajstić information content (AvgIpc) is 2.31. The number of aliphatic hydroxyl groups is 1. The summed E-state index contributed by atoms with van der Waals surface area (Å²) < 4.78 is 0. The van der Waals surface area contributed by atoms with E-state index >= 15 is 0 Å². The summed E-state index contributed by atoms with van der Waals surface area (Å²) in [5.41, 5.74) is -0.487. The molecule has 0 bridgehead atoms. The fraction of sp³-hybridized carbons (Fsp3) is 0.875. The minimum absolute atomic E-state index is 0.00393. The topological polar surface area (TPSA) is 78.4 Å². The Morgan fingerprint density at radius 3 is 2.10 bits per heavy atom. The van der Waals surface area contributed by atoms with Gasteiger partial charge in [0.1, 0.15) is 0 Å². The van der Waals surface area contributed by atoms with Gasteiger partial charge in [-0.2, -0.15) is 0 Å². The number of aliphatic hydroxyl groups excluding tert-OH is 1. The first-order valence-electron chi connectivity index (χ1n) is 7.67. The van der Waals surface area contributed by atoms with Crippen LogP contribution in [0.15, 0.2) is 0 Å². The molecule has 124 valence electrons. The molecular weight excluding hydrogens is 268 g/mol. The number of carbonyl (C=O) groups excluding carboxylic acids is 2. The molecule has 0 aromatic heterocycles. The van der Waals surface area contributed by atoms with Gasteiger partial charge in [-0.15, -0.1) is 0 Å². The van der Waals surface area contributed by atoms with Crippen LogP contribution in [0.4, 0.5) is 0 Å². The van der Waals surface area contributed by atoms with Gasteiger partial charge in [0.15, 0.2) is 0 Å². The number of nitrogens with one attached hydrogen (secondary N) is 2.